The maximum Gasteiger partial charge on any atom is 0.305 e. The standard InChI is InChI=1S/C20H24N2O4S2/c1-15-6-5-7-16(12-15)8-9-18-10-11-20(27-18)28(25,26)21-17(13-19(23)24)14-22(2,3)4/h5-7,10-12,17,21H,13-14H2,1-4H3/p+1. The average Bonchev–Trinajstić information content (AvgIpc) is 3.00. The fourth-order valence-corrected chi connectivity index (χ4v) is 5.08. The van der Waals surface area contributed by atoms with Crippen LogP contribution in [0.2, 0.25) is 0 Å². The number of nitrogens with zero attached hydrogens (tertiary/aromatic N) is 1. The quantitative estimate of drug-likeness (QED) is 0.531. The van der Waals surface area contributed by atoms with Crippen molar-refractivity contribution < 1.29 is 22.8 Å². The van der Waals surface area contributed by atoms with Gasteiger partial charge in [-0.1, -0.05) is 24.0 Å². The zero-order valence-corrected chi connectivity index (χ0v) is 18.0. The summed E-state index contributed by atoms with van der Waals surface area (Å²) in [4.78, 5) is 11.7. The van der Waals surface area contributed by atoms with E-state index in [1.54, 1.807) is 6.07 Å². The van der Waals surface area contributed by atoms with Crippen LogP contribution in [-0.4, -0.2) is 57.7 Å². The largest absolute Gasteiger partial charge is 0.481 e. The highest BCUT2D eigenvalue weighted by molar-refractivity contribution is 7.91. The molecule has 8 heteroatoms. The molecule has 0 bridgehead atoms. The molecule has 28 heavy (non-hydrogen) atoms. The van der Waals surface area contributed by atoms with Crippen LogP contribution in [0.25, 0.3) is 0 Å². The van der Waals surface area contributed by atoms with E-state index in [9.17, 15) is 13.2 Å². The molecule has 1 aromatic carbocycles. The van der Waals surface area contributed by atoms with Crippen molar-refractivity contribution in [2.75, 3.05) is 27.7 Å². The monoisotopic (exact) mass is 421 g/mol. The maximum absolute atomic E-state index is 12.7. The lowest BCUT2D eigenvalue weighted by molar-refractivity contribution is -0.871. The van der Waals surface area contributed by atoms with E-state index in [1.807, 2.05) is 52.3 Å². The van der Waals surface area contributed by atoms with Crippen LogP contribution in [0, 0.1) is 18.8 Å². The summed E-state index contributed by atoms with van der Waals surface area (Å²) in [6.07, 6.45) is -0.278. The second-order valence-corrected chi connectivity index (χ2v) is 10.7. The number of rotatable bonds is 7. The Bertz CT molecular complexity index is 1010. The van der Waals surface area contributed by atoms with Crippen molar-refractivity contribution in [2.24, 2.45) is 0 Å². The van der Waals surface area contributed by atoms with Crippen molar-refractivity contribution in [3.8, 4) is 11.8 Å². The molecule has 0 spiro atoms. The molecule has 1 aromatic heterocycles. The van der Waals surface area contributed by atoms with E-state index in [0.717, 1.165) is 22.5 Å². The third kappa shape index (κ3) is 7.09. The van der Waals surface area contributed by atoms with E-state index in [1.165, 1.54) is 6.07 Å². The number of aliphatic carboxylic acids is 1. The molecule has 1 unspecified atom stereocenters. The van der Waals surface area contributed by atoms with Crippen LogP contribution in [0.4, 0.5) is 0 Å². The number of carboxylic acid groups (broad SMARTS) is 1. The molecule has 2 rings (SSSR count). The number of carboxylic acids is 1. The van der Waals surface area contributed by atoms with Crippen molar-refractivity contribution in [1.29, 1.82) is 0 Å². The molecule has 2 N–H and O–H groups in total. The zero-order chi connectivity index (χ0) is 20.9. The smallest absolute Gasteiger partial charge is 0.305 e. The van der Waals surface area contributed by atoms with Gasteiger partial charge in [-0.05, 0) is 36.8 Å². The first-order valence-corrected chi connectivity index (χ1v) is 11.0. The minimum Gasteiger partial charge on any atom is -0.481 e. The highest BCUT2D eigenvalue weighted by Crippen LogP contribution is 2.21. The number of likely N-dealkylation sites (N-methyl/N-ethyl adjacent to an activating group) is 1. The Morgan fingerprint density at radius 1 is 1.21 bits per heavy atom. The van der Waals surface area contributed by atoms with Crippen molar-refractivity contribution >= 4 is 27.3 Å². The van der Waals surface area contributed by atoms with Crippen molar-refractivity contribution in [3.05, 3.63) is 52.4 Å². The van der Waals surface area contributed by atoms with Gasteiger partial charge in [-0.15, -0.1) is 11.3 Å². The summed E-state index contributed by atoms with van der Waals surface area (Å²) >= 11 is 1.07. The van der Waals surface area contributed by atoms with Gasteiger partial charge in [0.05, 0.1) is 45.0 Å². The van der Waals surface area contributed by atoms with E-state index in [0.29, 0.717) is 15.9 Å². The first-order chi connectivity index (χ1) is 12.9. The fourth-order valence-electron chi connectivity index (χ4n) is 2.68. The van der Waals surface area contributed by atoms with Gasteiger partial charge < -0.3 is 9.59 Å². The normalized spacial score (nSPS) is 12.9. The minimum absolute atomic E-state index is 0.123. The Balaban J connectivity index is 2.18. The van der Waals surface area contributed by atoms with Crippen molar-refractivity contribution in [3.63, 3.8) is 0 Å². The number of quaternary nitrogens is 1. The molecule has 2 aromatic rings. The summed E-state index contributed by atoms with van der Waals surface area (Å²) < 4.78 is 28.5. The Morgan fingerprint density at radius 3 is 2.54 bits per heavy atom. The van der Waals surface area contributed by atoms with Crippen LogP contribution >= 0.6 is 11.3 Å². The van der Waals surface area contributed by atoms with Crippen LogP contribution in [0.15, 0.2) is 40.6 Å². The van der Waals surface area contributed by atoms with Gasteiger partial charge in [-0.25, -0.2) is 13.1 Å². The van der Waals surface area contributed by atoms with Crippen molar-refractivity contribution in [1.82, 2.24) is 4.72 Å². The van der Waals surface area contributed by atoms with E-state index in [-0.39, 0.29) is 10.6 Å². The number of thiophene rings is 1. The summed E-state index contributed by atoms with van der Waals surface area (Å²) in [5.74, 6) is 4.97. The third-order valence-corrected chi connectivity index (χ3v) is 6.72. The lowest BCUT2D eigenvalue weighted by Crippen LogP contribution is -2.49. The van der Waals surface area contributed by atoms with Gasteiger partial charge >= 0.3 is 5.97 Å². The van der Waals surface area contributed by atoms with Crippen LogP contribution < -0.4 is 4.72 Å². The number of nitrogens with one attached hydrogen (secondary N) is 1. The fraction of sp³-hybridized carbons (Fsp3) is 0.350. The minimum atomic E-state index is -3.82. The second-order valence-electron chi connectivity index (χ2n) is 7.63. The second kappa shape index (κ2) is 8.88. The third-order valence-electron chi connectivity index (χ3n) is 3.71. The average molecular weight is 422 g/mol. The van der Waals surface area contributed by atoms with Gasteiger partial charge in [0.15, 0.2) is 0 Å². The molecule has 6 nitrogen and oxygen atoms in total. The number of aryl methyl sites for hydroxylation is 1. The number of benzene rings is 1. The predicted octanol–water partition coefficient (Wildman–Crippen LogP) is 2.28. The first kappa shape index (κ1) is 22.1. The Morgan fingerprint density at radius 2 is 1.93 bits per heavy atom. The summed E-state index contributed by atoms with van der Waals surface area (Å²) in [7, 11) is 1.83. The van der Waals surface area contributed by atoms with E-state index in [2.05, 4.69) is 16.6 Å². The summed E-state index contributed by atoms with van der Waals surface area (Å²) in [5.41, 5.74) is 1.97. The van der Waals surface area contributed by atoms with Gasteiger partial charge in [-0.3, -0.25) is 4.79 Å². The molecule has 0 aliphatic heterocycles. The molecule has 0 aliphatic carbocycles. The number of carbonyl (C=O) groups is 1. The van der Waals surface area contributed by atoms with Crippen LogP contribution in [0.3, 0.4) is 0 Å². The van der Waals surface area contributed by atoms with Crippen molar-refractivity contribution in [2.45, 2.75) is 23.6 Å². The molecule has 0 aliphatic rings. The van der Waals surface area contributed by atoms with Gasteiger partial charge in [-0.2, -0.15) is 0 Å². The summed E-state index contributed by atoms with van der Waals surface area (Å²) in [6, 6.07) is 10.2. The van der Waals surface area contributed by atoms with E-state index < -0.39 is 22.0 Å². The Kier molecular flexibility index (Phi) is 7.01. The first-order valence-electron chi connectivity index (χ1n) is 8.68. The van der Waals surface area contributed by atoms with Gasteiger partial charge in [0.25, 0.3) is 10.0 Å². The lowest BCUT2D eigenvalue weighted by Gasteiger charge is -2.28. The topological polar surface area (TPSA) is 83.5 Å². The molecule has 1 heterocycles. The predicted molar refractivity (Wildman–Crippen MR) is 111 cm³/mol. The molecule has 0 fully saturated rings. The number of hydrogen-bond acceptors (Lipinski definition) is 4. The highest BCUT2D eigenvalue weighted by atomic mass is 32.2. The van der Waals surface area contributed by atoms with Crippen LogP contribution in [0.1, 0.15) is 22.4 Å². The molecule has 0 amide bonds. The molecular formula is C20H25N2O4S2+. The molecule has 0 saturated carbocycles. The molecule has 0 radical (unpaired) electrons. The maximum atomic E-state index is 12.7. The lowest BCUT2D eigenvalue weighted by atomic mass is 10.1. The Labute approximate surface area is 170 Å². The van der Waals surface area contributed by atoms with E-state index >= 15 is 0 Å². The Hall–Kier alpha value is -2.18. The van der Waals surface area contributed by atoms with E-state index in [4.69, 9.17) is 5.11 Å². The van der Waals surface area contributed by atoms with Crippen LogP contribution in [-0.2, 0) is 14.8 Å². The molecular weight excluding hydrogens is 396 g/mol. The van der Waals surface area contributed by atoms with Gasteiger partial charge in [0.2, 0.25) is 0 Å². The zero-order valence-electron chi connectivity index (χ0n) is 16.4. The molecule has 0 saturated heterocycles. The highest BCUT2D eigenvalue weighted by Gasteiger charge is 2.27. The van der Waals surface area contributed by atoms with Crippen LogP contribution in [0.5, 0.6) is 0 Å². The molecule has 150 valence electrons. The number of hydrogen-bond donors (Lipinski definition) is 2. The summed E-state index contributed by atoms with van der Waals surface area (Å²) in [6.45, 7) is 2.34. The SMILES string of the molecule is Cc1cccc(C#Cc2ccc(S(=O)(=O)NC(CC(=O)O)C[N+](C)(C)C)s2)c1. The van der Waals surface area contributed by atoms with Gasteiger partial charge in [0, 0.05) is 5.56 Å². The number of sulfonamides is 1. The van der Waals surface area contributed by atoms with Gasteiger partial charge in [0.1, 0.15) is 4.21 Å². The summed E-state index contributed by atoms with van der Waals surface area (Å²) in [5, 5.41) is 9.09. The molecule has 1 atom stereocenters.